The first-order chi connectivity index (χ1) is 15.2. The van der Waals surface area contributed by atoms with Crippen molar-refractivity contribution in [1.82, 2.24) is 10.6 Å². The van der Waals surface area contributed by atoms with Crippen LogP contribution < -0.4 is 21.3 Å². The number of hydrogen-bond donors (Lipinski definition) is 4. The number of anilines is 2. The van der Waals surface area contributed by atoms with Crippen molar-refractivity contribution in [3.05, 3.63) is 57.6 Å². The molecule has 4 N–H and O–H groups in total. The van der Waals surface area contributed by atoms with Gasteiger partial charge in [0.15, 0.2) is 0 Å². The largest absolute Gasteiger partial charge is 0.345 e. The maximum absolute atomic E-state index is 12.2. The van der Waals surface area contributed by atoms with Crippen molar-refractivity contribution in [2.24, 2.45) is 5.92 Å². The van der Waals surface area contributed by atoms with Gasteiger partial charge in [-0.05, 0) is 55.7 Å². The zero-order valence-corrected chi connectivity index (χ0v) is 18.8. The summed E-state index contributed by atoms with van der Waals surface area (Å²) in [5, 5.41) is 11.0. The molecule has 0 bridgehead atoms. The molecule has 10 heteroatoms. The summed E-state index contributed by atoms with van der Waals surface area (Å²) in [6, 6.07) is 9.62. The van der Waals surface area contributed by atoms with Gasteiger partial charge in [-0.3, -0.25) is 19.2 Å². The van der Waals surface area contributed by atoms with Crippen molar-refractivity contribution in [2.75, 3.05) is 23.7 Å². The molecule has 8 nitrogen and oxygen atoms in total. The van der Waals surface area contributed by atoms with Gasteiger partial charge in [0.25, 0.3) is 5.91 Å². The van der Waals surface area contributed by atoms with Crippen LogP contribution in [0.1, 0.15) is 28.8 Å². The van der Waals surface area contributed by atoms with Crippen molar-refractivity contribution >= 4 is 58.2 Å². The van der Waals surface area contributed by atoms with E-state index in [1.54, 1.807) is 18.2 Å². The van der Waals surface area contributed by atoms with Crippen LogP contribution in [0.2, 0.25) is 10.0 Å². The van der Waals surface area contributed by atoms with Gasteiger partial charge in [0.2, 0.25) is 17.7 Å². The van der Waals surface area contributed by atoms with Gasteiger partial charge in [-0.1, -0.05) is 29.3 Å². The predicted molar refractivity (Wildman–Crippen MR) is 123 cm³/mol. The molecule has 0 spiro atoms. The topological polar surface area (TPSA) is 116 Å². The van der Waals surface area contributed by atoms with Crippen molar-refractivity contribution in [2.45, 2.75) is 19.8 Å². The Bertz CT molecular complexity index is 1070. The van der Waals surface area contributed by atoms with Gasteiger partial charge in [0.1, 0.15) is 0 Å². The van der Waals surface area contributed by atoms with Gasteiger partial charge >= 0.3 is 0 Å². The molecule has 0 saturated heterocycles. The first-order valence-corrected chi connectivity index (χ1v) is 10.7. The fraction of sp³-hybridized carbons (Fsp3) is 0.273. The Kier molecular flexibility index (Phi) is 7.71. The zero-order chi connectivity index (χ0) is 23.3. The number of carbonyl (C=O) groups excluding carboxylic acids is 4. The first-order valence-electron chi connectivity index (χ1n) is 9.94. The minimum Gasteiger partial charge on any atom is -0.345 e. The van der Waals surface area contributed by atoms with Gasteiger partial charge in [-0.2, -0.15) is 0 Å². The number of amides is 4. The molecule has 0 unspecified atom stereocenters. The molecule has 2 aromatic rings. The Labute approximate surface area is 195 Å². The zero-order valence-electron chi connectivity index (χ0n) is 17.3. The molecule has 168 valence electrons. The third-order valence-corrected chi connectivity index (χ3v) is 5.31. The number of hydrogen-bond acceptors (Lipinski definition) is 4. The SMILES string of the molecule is Cc1ccc(NC(=O)C2CC2)cc1NC(=O)CNC(=O)CNC(=O)c1ccc(Cl)cc1Cl. The number of nitrogens with one attached hydrogen (secondary N) is 4. The van der Waals surface area contributed by atoms with Crippen LogP contribution in [0.4, 0.5) is 11.4 Å². The second-order valence-electron chi connectivity index (χ2n) is 7.42. The molecule has 3 rings (SSSR count). The van der Waals surface area contributed by atoms with Crippen LogP contribution in [0.5, 0.6) is 0 Å². The molecule has 4 amide bonds. The van der Waals surface area contributed by atoms with Crippen LogP contribution in [0.3, 0.4) is 0 Å². The van der Waals surface area contributed by atoms with Crippen molar-refractivity contribution in [1.29, 1.82) is 0 Å². The quantitative estimate of drug-likeness (QED) is 0.468. The highest BCUT2D eigenvalue weighted by Gasteiger charge is 2.29. The third-order valence-electron chi connectivity index (χ3n) is 4.76. The molecule has 1 aliphatic rings. The summed E-state index contributed by atoms with van der Waals surface area (Å²) in [5.74, 6) is -1.48. The molecule has 1 saturated carbocycles. The Hall–Kier alpha value is -3.10. The molecular formula is C22H22Cl2N4O4. The second-order valence-corrected chi connectivity index (χ2v) is 8.27. The smallest absolute Gasteiger partial charge is 0.253 e. The van der Waals surface area contributed by atoms with E-state index in [0.717, 1.165) is 18.4 Å². The van der Waals surface area contributed by atoms with Crippen molar-refractivity contribution in [3.63, 3.8) is 0 Å². The highest BCUT2D eigenvalue weighted by Crippen LogP contribution is 2.30. The number of carbonyl (C=O) groups is 4. The highest BCUT2D eigenvalue weighted by molar-refractivity contribution is 6.36. The normalized spacial score (nSPS) is 12.6. The number of rotatable bonds is 8. The molecule has 1 fully saturated rings. The Morgan fingerprint density at radius 2 is 1.62 bits per heavy atom. The van der Waals surface area contributed by atoms with E-state index in [-0.39, 0.29) is 35.5 Å². The van der Waals surface area contributed by atoms with E-state index < -0.39 is 17.7 Å². The van der Waals surface area contributed by atoms with Gasteiger partial charge in [0, 0.05) is 22.3 Å². The highest BCUT2D eigenvalue weighted by atomic mass is 35.5. The first kappa shape index (κ1) is 23.6. The van der Waals surface area contributed by atoms with E-state index in [1.165, 1.54) is 18.2 Å². The van der Waals surface area contributed by atoms with Crippen LogP contribution in [-0.4, -0.2) is 36.7 Å². The third kappa shape index (κ3) is 6.70. The summed E-state index contributed by atoms with van der Waals surface area (Å²) in [4.78, 5) is 48.2. The molecule has 0 heterocycles. The van der Waals surface area contributed by atoms with E-state index in [4.69, 9.17) is 23.2 Å². The van der Waals surface area contributed by atoms with Crippen LogP contribution in [0.25, 0.3) is 0 Å². The maximum Gasteiger partial charge on any atom is 0.253 e. The maximum atomic E-state index is 12.2. The monoisotopic (exact) mass is 476 g/mol. The van der Waals surface area contributed by atoms with Crippen LogP contribution in [0, 0.1) is 12.8 Å². The van der Waals surface area contributed by atoms with E-state index >= 15 is 0 Å². The number of aryl methyl sites for hydroxylation is 1. The molecule has 1 aliphatic carbocycles. The van der Waals surface area contributed by atoms with Crippen molar-refractivity contribution < 1.29 is 19.2 Å². The molecule has 0 atom stereocenters. The molecule has 2 aromatic carbocycles. The van der Waals surface area contributed by atoms with Crippen LogP contribution in [-0.2, 0) is 14.4 Å². The average molecular weight is 477 g/mol. The summed E-state index contributed by atoms with van der Waals surface area (Å²) in [6.45, 7) is 1.21. The van der Waals surface area contributed by atoms with E-state index in [2.05, 4.69) is 21.3 Å². The average Bonchev–Trinajstić information content (AvgIpc) is 3.58. The minimum absolute atomic E-state index is 0.0275. The van der Waals surface area contributed by atoms with Gasteiger partial charge < -0.3 is 21.3 Å². The van der Waals surface area contributed by atoms with Crippen LogP contribution >= 0.6 is 23.2 Å². The number of benzene rings is 2. The Balaban J connectivity index is 1.45. The van der Waals surface area contributed by atoms with Gasteiger partial charge in [0.05, 0.1) is 23.7 Å². The lowest BCUT2D eigenvalue weighted by Gasteiger charge is -2.12. The van der Waals surface area contributed by atoms with E-state index in [9.17, 15) is 19.2 Å². The van der Waals surface area contributed by atoms with Gasteiger partial charge in [-0.15, -0.1) is 0 Å². The van der Waals surface area contributed by atoms with Gasteiger partial charge in [-0.25, -0.2) is 0 Å². The lowest BCUT2D eigenvalue weighted by atomic mass is 10.1. The molecular weight excluding hydrogens is 455 g/mol. The lowest BCUT2D eigenvalue weighted by molar-refractivity contribution is -0.123. The van der Waals surface area contributed by atoms with Crippen LogP contribution in [0.15, 0.2) is 36.4 Å². The Morgan fingerprint density at radius 1 is 0.906 bits per heavy atom. The summed E-state index contributed by atoms with van der Waals surface area (Å²) >= 11 is 11.8. The summed E-state index contributed by atoms with van der Waals surface area (Å²) in [7, 11) is 0. The number of halogens is 2. The lowest BCUT2D eigenvalue weighted by Crippen LogP contribution is -2.40. The molecule has 0 aromatic heterocycles. The predicted octanol–water partition coefficient (Wildman–Crippen LogP) is 3.14. The summed E-state index contributed by atoms with van der Waals surface area (Å²) in [5.41, 5.74) is 2.12. The Morgan fingerprint density at radius 3 is 2.31 bits per heavy atom. The van der Waals surface area contributed by atoms with E-state index in [1.807, 2.05) is 6.92 Å². The fourth-order valence-corrected chi connectivity index (χ4v) is 3.28. The second kappa shape index (κ2) is 10.5. The molecule has 0 radical (unpaired) electrons. The standard InChI is InChI=1S/C22H22Cl2N4O4/c1-12-2-6-15(27-21(31)13-3-4-13)9-18(12)28-20(30)11-25-19(29)10-26-22(32)16-7-5-14(23)8-17(16)24/h2,5-9,13H,3-4,10-11H2,1H3,(H,25,29)(H,26,32)(H,27,31)(H,28,30). The summed E-state index contributed by atoms with van der Waals surface area (Å²) in [6.07, 6.45) is 1.79. The van der Waals surface area contributed by atoms with E-state index in [0.29, 0.717) is 16.4 Å². The molecule has 0 aliphatic heterocycles. The minimum atomic E-state index is -0.541. The summed E-state index contributed by atoms with van der Waals surface area (Å²) < 4.78 is 0. The molecule has 32 heavy (non-hydrogen) atoms. The van der Waals surface area contributed by atoms with Crippen molar-refractivity contribution in [3.8, 4) is 0 Å². The fourth-order valence-electron chi connectivity index (χ4n) is 2.79.